The van der Waals surface area contributed by atoms with Crippen molar-refractivity contribution in [1.82, 2.24) is 0 Å². The van der Waals surface area contributed by atoms with E-state index < -0.39 is 12.1 Å². The van der Waals surface area contributed by atoms with Crippen molar-refractivity contribution in [3.05, 3.63) is 30.3 Å². The third-order valence-corrected chi connectivity index (χ3v) is 1.70. The van der Waals surface area contributed by atoms with E-state index >= 15 is 0 Å². The molecule has 0 radical (unpaired) electrons. The number of benzene rings is 1. The molecule has 16 heavy (non-hydrogen) atoms. The highest BCUT2D eigenvalue weighted by atomic mass is 16.7. The first-order chi connectivity index (χ1) is 7.72. The molecule has 0 aliphatic carbocycles. The van der Waals surface area contributed by atoms with Gasteiger partial charge in [0.1, 0.15) is 12.4 Å². The zero-order valence-electron chi connectivity index (χ0n) is 8.84. The first-order valence-electron chi connectivity index (χ1n) is 4.69. The van der Waals surface area contributed by atoms with Crippen LogP contribution in [0, 0.1) is 0 Å². The van der Waals surface area contributed by atoms with Gasteiger partial charge in [0.25, 0.3) is 0 Å². The fraction of sp³-hybridized carbons (Fsp3) is 0.273. The second-order valence-corrected chi connectivity index (χ2v) is 2.84. The van der Waals surface area contributed by atoms with Gasteiger partial charge in [-0.05, 0) is 12.1 Å². The van der Waals surface area contributed by atoms with Gasteiger partial charge in [-0.3, -0.25) is 4.79 Å². The Bertz CT molecular complexity index is 347. The van der Waals surface area contributed by atoms with E-state index in [2.05, 4.69) is 9.47 Å². The Kier molecular flexibility index (Phi) is 4.85. The molecule has 0 unspecified atom stereocenters. The van der Waals surface area contributed by atoms with Crippen molar-refractivity contribution < 1.29 is 23.8 Å². The molecule has 0 amide bonds. The van der Waals surface area contributed by atoms with Crippen molar-refractivity contribution >= 4 is 12.1 Å². The second-order valence-electron chi connectivity index (χ2n) is 2.84. The van der Waals surface area contributed by atoms with Crippen LogP contribution in [0.5, 0.6) is 5.75 Å². The molecule has 0 aliphatic heterocycles. The summed E-state index contributed by atoms with van der Waals surface area (Å²) in [5.74, 6) is -0.0434. The van der Waals surface area contributed by atoms with Crippen LogP contribution in [0.15, 0.2) is 30.3 Å². The summed E-state index contributed by atoms with van der Waals surface area (Å²) in [6.07, 6.45) is -0.824. The lowest BCUT2D eigenvalue weighted by atomic mass is 10.3. The molecule has 0 aromatic heterocycles. The van der Waals surface area contributed by atoms with Crippen LogP contribution in [-0.4, -0.2) is 25.8 Å². The highest BCUT2D eigenvalue weighted by molar-refractivity contribution is 5.70. The summed E-state index contributed by atoms with van der Waals surface area (Å²) in [6.45, 7) is -0.0572. The van der Waals surface area contributed by atoms with Gasteiger partial charge >= 0.3 is 12.1 Å². The summed E-state index contributed by atoms with van der Waals surface area (Å²) in [5, 5.41) is 0. The summed E-state index contributed by atoms with van der Waals surface area (Å²) in [6, 6.07) is 8.52. The predicted octanol–water partition coefficient (Wildman–Crippen LogP) is 1.77. The zero-order chi connectivity index (χ0) is 11.8. The van der Waals surface area contributed by atoms with Crippen LogP contribution < -0.4 is 4.74 Å². The number of hydrogen-bond acceptors (Lipinski definition) is 5. The SMILES string of the molecule is COC(=O)CCOC(=O)Oc1ccccc1. The fourth-order valence-corrected chi connectivity index (χ4v) is 0.934. The summed E-state index contributed by atoms with van der Waals surface area (Å²) >= 11 is 0. The molecule has 5 heteroatoms. The van der Waals surface area contributed by atoms with E-state index in [-0.39, 0.29) is 13.0 Å². The number of carbonyl (C=O) groups is 2. The number of para-hydroxylation sites is 1. The average Bonchev–Trinajstić information content (AvgIpc) is 2.30. The van der Waals surface area contributed by atoms with Crippen LogP contribution in [-0.2, 0) is 14.3 Å². The molecule has 0 aliphatic rings. The van der Waals surface area contributed by atoms with Crippen LogP contribution in [0.25, 0.3) is 0 Å². The Labute approximate surface area is 92.9 Å². The van der Waals surface area contributed by atoms with Crippen molar-refractivity contribution in [3.8, 4) is 5.75 Å². The van der Waals surface area contributed by atoms with Crippen molar-refractivity contribution in [1.29, 1.82) is 0 Å². The monoisotopic (exact) mass is 224 g/mol. The number of hydrogen-bond donors (Lipinski definition) is 0. The van der Waals surface area contributed by atoms with Gasteiger partial charge in [0, 0.05) is 0 Å². The van der Waals surface area contributed by atoms with Gasteiger partial charge in [-0.2, -0.15) is 0 Å². The minimum Gasteiger partial charge on any atom is -0.469 e. The normalized spacial score (nSPS) is 9.31. The number of carbonyl (C=O) groups excluding carboxylic acids is 2. The van der Waals surface area contributed by atoms with Crippen LogP contribution >= 0.6 is 0 Å². The first kappa shape index (κ1) is 12.0. The molecule has 1 aromatic rings. The number of esters is 1. The molecule has 0 spiro atoms. The maximum atomic E-state index is 11.1. The quantitative estimate of drug-likeness (QED) is 0.576. The third-order valence-electron chi connectivity index (χ3n) is 1.70. The van der Waals surface area contributed by atoms with Gasteiger partial charge < -0.3 is 14.2 Å². The number of rotatable bonds is 4. The Balaban J connectivity index is 2.24. The second kappa shape index (κ2) is 6.44. The third kappa shape index (κ3) is 4.45. The molecule has 0 fully saturated rings. The molecule has 0 heterocycles. The molecule has 5 nitrogen and oxygen atoms in total. The first-order valence-corrected chi connectivity index (χ1v) is 4.69. The lowest BCUT2D eigenvalue weighted by molar-refractivity contribution is -0.141. The number of ether oxygens (including phenoxy) is 3. The van der Waals surface area contributed by atoms with Crippen molar-refractivity contribution in [2.24, 2.45) is 0 Å². The zero-order valence-corrected chi connectivity index (χ0v) is 8.84. The summed E-state index contributed by atoms with van der Waals surface area (Å²) < 4.78 is 13.9. The Morgan fingerprint density at radius 3 is 2.50 bits per heavy atom. The Morgan fingerprint density at radius 2 is 1.88 bits per heavy atom. The standard InChI is InChI=1S/C11H12O5/c1-14-10(12)7-8-15-11(13)16-9-5-3-2-4-6-9/h2-6H,7-8H2,1H3. The van der Waals surface area contributed by atoms with Crippen molar-refractivity contribution in [3.63, 3.8) is 0 Å². The van der Waals surface area contributed by atoms with Crippen LogP contribution in [0.1, 0.15) is 6.42 Å². The Hall–Kier alpha value is -2.04. The van der Waals surface area contributed by atoms with Gasteiger partial charge in [-0.15, -0.1) is 0 Å². The van der Waals surface area contributed by atoms with E-state index in [0.29, 0.717) is 5.75 Å². The van der Waals surface area contributed by atoms with E-state index in [9.17, 15) is 9.59 Å². The van der Waals surface area contributed by atoms with Crippen molar-refractivity contribution in [2.45, 2.75) is 6.42 Å². The van der Waals surface area contributed by atoms with E-state index in [0.717, 1.165) is 0 Å². The molecule has 0 saturated carbocycles. The van der Waals surface area contributed by atoms with E-state index in [1.165, 1.54) is 7.11 Å². The van der Waals surface area contributed by atoms with Gasteiger partial charge in [0.05, 0.1) is 13.5 Å². The molecule has 0 N–H and O–H groups in total. The fourth-order valence-electron chi connectivity index (χ4n) is 0.934. The smallest absolute Gasteiger partial charge is 0.469 e. The van der Waals surface area contributed by atoms with Gasteiger partial charge in [0.15, 0.2) is 0 Å². The van der Waals surface area contributed by atoms with Crippen molar-refractivity contribution in [2.75, 3.05) is 13.7 Å². The predicted molar refractivity (Wildman–Crippen MR) is 55.1 cm³/mol. The van der Waals surface area contributed by atoms with Gasteiger partial charge in [-0.25, -0.2) is 4.79 Å². The lowest BCUT2D eigenvalue weighted by Crippen LogP contribution is -2.14. The highest BCUT2D eigenvalue weighted by Gasteiger charge is 2.07. The van der Waals surface area contributed by atoms with Gasteiger partial charge in [-0.1, -0.05) is 18.2 Å². The maximum Gasteiger partial charge on any atom is 0.513 e. The maximum absolute atomic E-state index is 11.1. The van der Waals surface area contributed by atoms with E-state index in [4.69, 9.17) is 4.74 Å². The van der Waals surface area contributed by atoms with Crippen LogP contribution in [0.3, 0.4) is 0 Å². The number of methoxy groups -OCH3 is 1. The molecule has 0 atom stereocenters. The summed E-state index contributed by atoms with van der Waals surface area (Å²) in [5.41, 5.74) is 0. The highest BCUT2D eigenvalue weighted by Crippen LogP contribution is 2.09. The molecule has 86 valence electrons. The lowest BCUT2D eigenvalue weighted by Gasteiger charge is -2.04. The average molecular weight is 224 g/mol. The Morgan fingerprint density at radius 1 is 1.19 bits per heavy atom. The van der Waals surface area contributed by atoms with E-state index in [1.54, 1.807) is 30.3 Å². The largest absolute Gasteiger partial charge is 0.513 e. The summed E-state index contributed by atoms with van der Waals surface area (Å²) in [7, 11) is 1.27. The molecular formula is C11H12O5. The molecular weight excluding hydrogens is 212 g/mol. The van der Waals surface area contributed by atoms with Crippen LogP contribution in [0.2, 0.25) is 0 Å². The topological polar surface area (TPSA) is 61.8 Å². The van der Waals surface area contributed by atoms with Gasteiger partial charge in [0.2, 0.25) is 0 Å². The minimum atomic E-state index is -0.838. The minimum absolute atomic E-state index is 0.0143. The molecule has 0 saturated heterocycles. The van der Waals surface area contributed by atoms with E-state index in [1.807, 2.05) is 0 Å². The molecule has 1 aromatic carbocycles. The molecule has 0 bridgehead atoms. The molecule has 1 rings (SSSR count). The van der Waals surface area contributed by atoms with Crippen LogP contribution in [0.4, 0.5) is 4.79 Å². The summed E-state index contributed by atoms with van der Waals surface area (Å²) in [4.78, 5) is 21.8.